The van der Waals surface area contributed by atoms with E-state index in [9.17, 15) is 19.2 Å². The van der Waals surface area contributed by atoms with Gasteiger partial charge in [0.2, 0.25) is 0 Å². The maximum absolute atomic E-state index is 11.4. The summed E-state index contributed by atoms with van der Waals surface area (Å²) in [5.74, 6) is -2.52. The first kappa shape index (κ1) is 20.4. The van der Waals surface area contributed by atoms with Crippen molar-refractivity contribution in [3.05, 3.63) is 0 Å². The van der Waals surface area contributed by atoms with Gasteiger partial charge < -0.3 is 23.7 Å². The van der Waals surface area contributed by atoms with Crippen LogP contribution in [0.3, 0.4) is 0 Å². The van der Waals surface area contributed by atoms with Crippen molar-refractivity contribution in [1.82, 2.24) is 0 Å². The lowest BCUT2D eigenvalue weighted by Gasteiger charge is -2.42. The predicted molar refractivity (Wildman–Crippen MR) is 80.9 cm³/mol. The van der Waals surface area contributed by atoms with Gasteiger partial charge in [-0.15, -0.1) is 0 Å². The topological polar surface area (TPSA) is 114 Å². The average Bonchev–Trinajstić information content (AvgIpc) is 2.42. The van der Waals surface area contributed by atoms with Crippen LogP contribution in [0.15, 0.2) is 0 Å². The lowest BCUT2D eigenvalue weighted by molar-refractivity contribution is -0.236. The van der Waals surface area contributed by atoms with Gasteiger partial charge in [0.05, 0.1) is 0 Å². The quantitative estimate of drug-likeness (QED) is 0.362. The normalized spacial score (nSPS) is 29.3. The number of rotatable bonds is 5. The maximum atomic E-state index is 11.4. The third kappa shape index (κ3) is 6.08. The fraction of sp³-hybridized carbons (Fsp3) is 0.714. The first-order chi connectivity index (χ1) is 11.1. The smallest absolute Gasteiger partial charge is 0.303 e. The molecule has 0 saturated carbocycles. The van der Waals surface area contributed by atoms with Crippen LogP contribution in [0.25, 0.3) is 0 Å². The second kappa shape index (κ2) is 8.97. The van der Waals surface area contributed by atoms with Crippen molar-refractivity contribution in [3.8, 4) is 0 Å². The van der Waals surface area contributed by atoms with Crippen LogP contribution in [0.4, 0.5) is 0 Å². The first-order valence-corrected chi connectivity index (χ1v) is 7.98. The van der Waals surface area contributed by atoms with Gasteiger partial charge in [0.25, 0.3) is 0 Å². The predicted octanol–water partition coefficient (Wildman–Crippen LogP) is 0.464. The Kier molecular flexibility index (Phi) is 7.61. The highest BCUT2D eigenvalue weighted by Gasteiger charge is 2.51. The molecule has 0 aromatic carbocycles. The van der Waals surface area contributed by atoms with Crippen LogP contribution in [0.1, 0.15) is 27.7 Å². The van der Waals surface area contributed by atoms with Gasteiger partial charge in [-0.1, -0.05) is 15.9 Å². The zero-order valence-corrected chi connectivity index (χ0v) is 15.2. The van der Waals surface area contributed by atoms with Gasteiger partial charge in [0, 0.05) is 27.7 Å². The Balaban J connectivity index is 3.11. The van der Waals surface area contributed by atoms with Gasteiger partial charge in [0.1, 0.15) is 12.7 Å². The lowest BCUT2D eigenvalue weighted by Crippen LogP contribution is -2.60. The number of ether oxygens (including phenoxy) is 5. The van der Waals surface area contributed by atoms with E-state index in [-0.39, 0.29) is 6.61 Å². The zero-order valence-electron chi connectivity index (χ0n) is 13.6. The Hall–Kier alpha value is -1.68. The minimum atomic E-state index is -1.13. The second-order valence-corrected chi connectivity index (χ2v) is 5.95. The Morgan fingerprint density at radius 2 is 1.25 bits per heavy atom. The summed E-state index contributed by atoms with van der Waals surface area (Å²) in [6.45, 7) is 4.47. The van der Waals surface area contributed by atoms with Gasteiger partial charge in [-0.2, -0.15) is 0 Å². The number of carbonyl (C=O) groups is 4. The van der Waals surface area contributed by atoms with Crippen molar-refractivity contribution in [2.45, 2.75) is 57.1 Å². The molecule has 1 aliphatic heterocycles. The molecule has 0 amide bonds. The minimum Gasteiger partial charge on any atom is -0.463 e. The number of hydrogen-bond acceptors (Lipinski definition) is 9. The highest BCUT2D eigenvalue weighted by molar-refractivity contribution is 9.09. The van der Waals surface area contributed by atoms with Crippen LogP contribution in [0.5, 0.6) is 0 Å². The van der Waals surface area contributed by atoms with Crippen molar-refractivity contribution in [1.29, 1.82) is 0 Å². The van der Waals surface area contributed by atoms with Gasteiger partial charge in [-0.25, -0.2) is 0 Å². The molecule has 136 valence electrons. The molecular formula is C14H19BrO9. The van der Waals surface area contributed by atoms with E-state index < -0.39 is 53.3 Å². The summed E-state index contributed by atoms with van der Waals surface area (Å²) in [7, 11) is 0. The molecule has 1 fully saturated rings. The summed E-state index contributed by atoms with van der Waals surface area (Å²) >= 11 is 3.18. The van der Waals surface area contributed by atoms with E-state index in [1.165, 1.54) is 13.8 Å². The molecule has 0 aromatic heterocycles. The third-order valence-electron chi connectivity index (χ3n) is 2.93. The van der Waals surface area contributed by atoms with Gasteiger partial charge >= 0.3 is 23.9 Å². The fourth-order valence-corrected chi connectivity index (χ4v) is 2.86. The third-order valence-corrected chi connectivity index (χ3v) is 3.67. The molecule has 10 heteroatoms. The van der Waals surface area contributed by atoms with Crippen molar-refractivity contribution >= 4 is 39.8 Å². The molecule has 0 N–H and O–H groups in total. The Labute approximate surface area is 147 Å². The highest BCUT2D eigenvalue weighted by Crippen LogP contribution is 2.31. The Morgan fingerprint density at radius 1 is 0.792 bits per heavy atom. The molecule has 1 rings (SSSR count). The Morgan fingerprint density at radius 3 is 1.71 bits per heavy atom. The van der Waals surface area contributed by atoms with Crippen LogP contribution in [-0.4, -0.2) is 59.9 Å². The lowest BCUT2D eigenvalue weighted by atomic mass is 9.99. The molecule has 0 radical (unpaired) electrons. The minimum absolute atomic E-state index is 0.236. The van der Waals surface area contributed by atoms with Gasteiger partial charge in [-0.05, 0) is 0 Å². The summed E-state index contributed by atoms with van der Waals surface area (Å²) in [5.41, 5.74) is 0. The van der Waals surface area contributed by atoms with Crippen LogP contribution in [0, 0.1) is 0 Å². The zero-order chi connectivity index (χ0) is 18.4. The largest absolute Gasteiger partial charge is 0.463 e. The van der Waals surface area contributed by atoms with E-state index in [0.29, 0.717) is 0 Å². The molecule has 1 aliphatic rings. The number of carbonyl (C=O) groups excluding carboxylic acids is 4. The second-order valence-electron chi connectivity index (χ2n) is 5.05. The van der Waals surface area contributed by atoms with Crippen LogP contribution in [0.2, 0.25) is 0 Å². The molecule has 1 heterocycles. The molecule has 0 aromatic rings. The summed E-state index contributed by atoms with van der Waals surface area (Å²) in [4.78, 5) is 45.1. The molecule has 24 heavy (non-hydrogen) atoms. The van der Waals surface area contributed by atoms with E-state index in [1.54, 1.807) is 0 Å². The van der Waals surface area contributed by atoms with E-state index in [1.807, 2.05) is 0 Å². The Bertz CT molecular complexity index is 506. The first-order valence-electron chi connectivity index (χ1n) is 7.06. The van der Waals surface area contributed by atoms with E-state index in [4.69, 9.17) is 23.7 Å². The summed E-state index contributed by atoms with van der Waals surface area (Å²) in [6.07, 6.45) is -4.22. The number of esters is 4. The summed E-state index contributed by atoms with van der Waals surface area (Å²) in [6, 6.07) is 0. The molecule has 5 atom stereocenters. The molecule has 0 unspecified atom stereocenters. The van der Waals surface area contributed by atoms with Crippen LogP contribution in [-0.2, 0) is 42.9 Å². The van der Waals surface area contributed by atoms with Crippen LogP contribution < -0.4 is 0 Å². The van der Waals surface area contributed by atoms with Crippen molar-refractivity contribution < 1.29 is 42.9 Å². The van der Waals surface area contributed by atoms with E-state index in [0.717, 1.165) is 13.8 Å². The number of halogens is 1. The molecule has 0 spiro atoms. The molecular weight excluding hydrogens is 392 g/mol. The standard InChI is InChI=1S/C14H19BrO9/c1-6(16)20-5-10-11(21-7(2)17)12(22-8(3)18)13(14(15)24-10)23-9(4)19/h10-14H,5H2,1-4H3/t10-,11+,12+,13-,14-/m1/s1. The fourth-order valence-electron chi connectivity index (χ4n) is 2.18. The van der Waals surface area contributed by atoms with Gasteiger partial charge in [0.15, 0.2) is 23.3 Å². The van der Waals surface area contributed by atoms with Crippen LogP contribution >= 0.6 is 15.9 Å². The molecule has 1 saturated heterocycles. The SMILES string of the molecule is CC(=O)OC[C@H]1O[C@@H](Br)[C@H](OC(C)=O)[C@@H](OC(C)=O)[C@H]1OC(C)=O. The van der Waals surface area contributed by atoms with Gasteiger partial charge in [-0.3, -0.25) is 19.2 Å². The molecule has 9 nitrogen and oxygen atoms in total. The maximum Gasteiger partial charge on any atom is 0.303 e. The average molecular weight is 411 g/mol. The summed E-state index contributed by atoms with van der Waals surface area (Å²) < 4.78 is 25.9. The van der Waals surface area contributed by atoms with Crippen molar-refractivity contribution in [2.75, 3.05) is 6.61 Å². The number of alkyl halides is 1. The van der Waals surface area contributed by atoms with Crippen molar-refractivity contribution in [3.63, 3.8) is 0 Å². The summed E-state index contributed by atoms with van der Waals surface area (Å²) in [5, 5.41) is -0.863. The highest BCUT2D eigenvalue weighted by atomic mass is 79.9. The molecule has 0 bridgehead atoms. The van der Waals surface area contributed by atoms with Crippen molar-refractivity contribution in [2.24, 2.45) is 0 Å². The monoisotopic (exact) mass is 410 g/mol. The van der Waals surface area contributed by atoms with E-state index in [2.05, 4.69) is 15.9 Å². The molecule has 0 aliphatic carbocycles. The number of hydrogen-bond donors (Lipinski definition) is 0. The van der Waals surface area contributed by atoms with E-state index >= 15 is 0 Å².